The third-order valence-electron chi connectivity index (χ3n) is 2.71. The zero-order valence-electron chi connectivity index (χ0n) is 11.5. The van der Waals surface area contributed by atoms with Gasteiger partial charge in [-0.1, -0.05) is 11.8 Å². The summed E-state index contributed by atoms with van der Waals surface area (Å²) in [6, 6.07) is 7.66. The van der Waals surface area contributed by atoms with Crippen molar-refractivity contribution in [1.29, 1.82) is 0 Å². The molecule has 0 unspecified atom stereocenters. The second-order valence-electron chi connectivity index (χ2n) is 4.37. The summed E-state index contributed by atoms with van der Waals surface area (Å²) in [4.78, 5) is 16.1. The number of rotatable bonds is 2. The lowest BCUT2D eigenvalue weighted by atomic mass is 10.1. The molecule has 0 saturated carbocycles. The van der Waals surface area contributed by atoms with E-state index in [4.69, 9.17) is 5.73 Å². The molecule has 0 fully saturated rings. The molecule has 106 valence electrons. The van der Waals surface area contributed by atoms with Gasteiger partial charge in [0.15, 0.2) is 0 Å². The van der Waals surface area contributed by atoms with Gasteiger partial charge in [-0.3, -0.25) is 4.79 Å². The minimum absolute atomic E-state index is 0.153. The van der Waals surface area contributed by atoms with Crippen molar-refractivity contribution in [2.45, 2.75) is 6.92 Å². The highest BCUT2D eigenvalue weighted by Gasteiger charge is 2.09. The molecule has 0 atom stereocenters. The smallest absolute Gasteiger partial charge is 0.256 e. The number of nitrogens with two attached hydrogens (primary N) is 1. The predicted octanol–water partition coefficient (Wildman–Crippen LogP) is 2.09. The van der Waals surface area contributed by atoms with Crippen LogP contribution in [-0.2, 0) is 0 Å². The monoisotopic (exact) mass is 283 g/mol. The number of nitrogens with one attached hydrogen (secondary N) is 1. The van der Waals surface area contributed by atoms with E-state index in [9.17, 15) is 9.18 Å². The van der Waals surface area contributed by atoms with Gasteiger partial charge in [-0.25, -0.2) is 9.37 Å². The summed E-state index contributed by atoms with van der Waals surface area (Å²) in [7, 11) is 0. The van der Waals surface area contributed by atoms with Gasteiger partial charge in [-0.05, 0) is 42.8 Å². The van der Waals surface area contributed by atoms with Crippen molar-refractivity contribution < 1.29 is 9.18 Å². The standard InChI is InChI=1S/C16H14FN3O/c1-11-6-8-19-15(9-11)20-16(21)13-5-4-12(3-2-7-18)14(17)10-13/h4-6,8-10H,7,18H2,1H3,(H,19,20,21). The second kappa shape index (κ2) is 6.64. The lowest BCUT2D eigenvalue weighted by Crippen LogP contribution is -2.13. The van der Waals surface area contributed by atoms with Crippen molar-refractivity contribution in [2.75, 3.05) is 11.9 Å². The van der Waals surface area contributed by atoms with Crippen LogP contribution in [0.3, 0.4) is 0 Å². The van der Waals surface area contributed by atoms with Crippen molar-refractivity contribution in [2.24, 2.45) is 5.73 Å². The van der Waals surface area contributed by atoms with Crippen LogP contribution in [0.5, 0.6) is 0 Å². The second-order valence-corrected chi connectivity index (χ2v) is 4.37. The molecule has 1 aromatic carbocycles. The molecule has 2 rings (SSSR count). The molecule has 1 amide bonds. The Labute approximate surface area is 122 Å². The number of halogens is 1. The summed E-state index contributed by atoms with van der Waals surface area (Å²) >= 11 is 0. The lowest BCUT2D eigenvalue weighted by molar-refractivity contribution is 0.102. The van der Waals surface area contributed by atoms with E-state index in [1.54, 1.807) is 12.3 Å². The maximum Gasteiger partial charge on any atom is 0.256 e. The molecule has 0 bridgehead atoms. The summed E-state index contributed by atoms with van der Waals surface area (Å²) in [5.74, 6) is 4.61. The van der Waals surface area contributed by atoms with E-state index in [0.29, 0.717) is 5.82 Å². The van der Waals surface area contributed by atoms with Crippen molar-refractivity contribution >= 4 is 11.7 Å². The molecule has 0 aliphatic heterocycles. The van der Waals surface area contributed by atoms with Crippen LogP contribution in [0.2, 0.25) is 0 Å². The molecule has 0 saturated heterocycles. The number of anilines is 1. The molecule has 0 radical (unpaired) electrons. The molecule has 1 heterocycles. The molecular weight excluding hydrogens is 269 g/mol. The Bertz CT molecular complexity index is 732. The number of pyridine rings is 1. The Hall–Kier alpha value is -2.71. The van der Waals surface area contributed by atoms with Gasteiger partial charge < -0.3 is 11.1 Å². The first kappa shape index (κ1) is 14.7. The number of hydrogen-bond donors (Lipinski definition) is 2. The molecule has 4 nitrogen and oxygen atoms in total. The van der Waals surface area contributed by atoms with Gasteiger partial charge >= 0.3 is 0 Å². The summed E-state index contributed by atoms with van der Waals surface area (Å²) in [5, 5.41) is 2.62. The van der Waals surface area contributed by atoms with Crippen LogP contribution in [0, 0.1) is 24.6 Å². The summed E-state index contributed by atoms with van der Waals surface area (Å²) in [6.45, 7) is 2.04. The number of aryl methyl sites for hydroxylation is 1. The van der Waals surface area contributed by atoms with Gasteiger partial charge in [0, 0.05) is 11.8 Å². The van der Waals surface area contributed by atoms with E-state index < -0.39 is 11.7 Å². The lowest BCUT2D eigenvalue weighted by Gasteiger charge is -2.05. The van der Waals surface area contributed by atoms with Crippen molar-refractivity contribution in [1.82, 2.24) is 4.98 Å². The van der Waals surface area contributed by atoms with Gasteiger partial charge in [0.05, 0.1) is 12.1 Å². The molecule has 0 aliphatic carbocycles. The van der Waals surface area contributed by atoms with E-state index in [1.807, 2.05) is 13.0 Å². The van der Waals surface area contributed by atoms with Gasteiger partial charge in [-0.2, -0.15) is 0 Å². The number of carbonyl (C=O) groups is 1. The van der Waals surface area contributed by atoms with Crippen LogP contribution in [0.15, 0.2) is 36.5 Å². The molecule has 0 spiro atoms. The fourth-order valence-electron chi connectivity index (χ4n) is 1.70. The SMILES string of the molecule is Cc1ccnc(NC(=O)c2ccc(C#CCN)c(F)c2)c1. The number of benzene rings is 1. The number of hydrogen-bond acceptors (Lipinski definition) is 3. The average molecular weight is 283 g/mol. The van der Waals surface area contributed by atoms with Crippen LogP contribution in [-0.4, -0.2) is 17.4 Å². The Morgan fingerprint density at radius 1 is 1.38 bits per heavy atom. The van der Waals surface area contributed by atoms with Crippen molar-refractivity contribution in [3.63, 3.8) is 0 Å². The first-order chi connectivity index (χ1) is 10.1. The first-order valence-electron chi connectivity index (χ1n) is 6.32. The van der Waals surface area contributed by atoms with Crippen LogP contribution in [0.1, 0.15) is 21.5 Å². The molecule has 2 aromatic rings. The molecule has 0 aliphatic rings. The van der Waals surface area contributed by atoms with Crippen LogP contribution < -0.4 is 11.1 Å². The summed E-state index contributed by atoms with van der Waals surface area (Å²) < 4.78 is 13.8. The van der Waals surface area contributed by atoms with Crippen molar-refractivity contribution in [3.8, 4) is 11.8 Å². The zero-order chi connectivity index (χ0) is 15.2. The minimum atomic E-state index is -0.555. The molecule has 21 heavy (non-hydrogen) atoms. The van der Waals surface area contributed by atoms with E-state index in [0.717, 1.165) is 11.6 Å². The van der Waals surface area contributed by atoms with Gasteiger partial charge in [-0.15, -0.1) is 0 Å². The van der Waals surface area contributed by atoms with E-state index >= 15 is 0 Å². The molecular formula is C16H14FN3O. The molecule has 5 heteroatoms. The van der Waals surface area contributed by atoms with Gasteiger partial charge in [0.25, 0.3) is 5.91 Å². The maximum absolute atomic E-state index is 13.8. The third kappa shape index (κ3) is 3.88. The Morgan fingerprint density at radius 3 is 2.86 bits per heavy atom. The Morgan fingerprint density at radius 2 is 2.19 bits per heavy atom. The minimum Gasteiger partial charge on any atom is -0.320 e. The Balaban J connectivity index is 2.18. The topological polar surface area (TPSA) is 68.0 Å². The zero-order valence-corrected chi connectivity index (χ0v) is 11.5. The number of nitrogens with zero attached hydrogens (tertiary/aromatic N) is 1. The fourth-order valence-corrected chi connectivity index (χ4v) is 1.70. The Kier molecular flexibility index (Phi) is 4.64. The molecule has 3 N–H and O–H groups in total. The predicted molar refractivity (Wildman–Crippen MR) is 79.3 cm³/mol. The molecule has 1 aromatic heterocycles. The van der Waals surface area contributed by atoms with Crippen LogP contribution >= 0.6 is 0 Å². The number of amides is 1. The number of aromatic nitrogens is 1. The summed E-state index contributed by atoms with van der Waals surface area (Å²) in [6.07, 6.45) is 1.59. The van der Waals surface area contributed by atoms with Crippen LogP contribution in [0.25, 0.3) is 0 Å². The fraction of sp³-hybridized carbons (Fsp3) is 0.125. The highest BCUT2D eigenvalue weighted by Crippen LogP contribution is 2.12. The van der Waals surface area contributed by atoms with E-state index in [2.05, 4.69) is 22.1 Å². The third-order valence-corrected chi connectivity index (χ3v) is 2.71. The van der Waals surface area contributed by atoms with Gasteiger partial charge in [0.2, 0.25) is 0 Å². The van der Waals surface area contributed by atoms with Crippen LogP contribution in [0.4, 0.5) is 10.2 Å². The highest BCUT2D eigenvalue weighted by molar-refractivity contribution is 6.03. The van der Waals surface area contributed by atoms with Gasteiger partial charge in [0.1, 0.15) is 11.6 Å². The largest absolute Gasteiger partial charge is 0.320 e. The summed E-state index contributed by atoms with van der Waals surface area (Å²) in [5.41, 5.74) is 6.62. The van der Waals surface area contributed by atoms with E-state index in [-0.39, 0.29) is 17.7 Å². The average Bonchev–Trinajstić information content (AvgIpc) is 2.46. The first-order valence-corrected chi connectivity index (χ1v) is 6.32. The number of carbonyl (C=O) groups excluding carboxylic acids is 1. The quantitative estimate of drug-likeness (QED) is 0.829. The highest BCUT2D eigenvalue weighted by atomic mass is 19.1. The maximum atomic E-state index is 13.8. The van der Waals surface area contributed by atoms with E-state index in [1.165, 1.54) is 12.1 Å². The van der Waals surface area contributed by atoms with Crippen molar-refractivity contribution in [3.05, 3.63) is 59.0 Å². The normalized spacial score (nSPS) is 9.67.